The van der Waals surface area contributed by atoms with Crippen LogP contribution in [0.3, 0.4) is 0 Å². The third-order valence-electron chi connectivity index (χ3n) is 3.33. The van der Waals surface area contributed by atoms with Gasteiger partial charge in [0.1, 0.15) is 0 Å². The van der Waals surface area contributed by atoms with Crippen molar-refractivity contribution in [1.29, 1.82) is 0 Å². The van der Waals surface area contributed by atoms with Gasteiger partial charge in [-0.3, -0.25) is 4.68 Å². The number of hydrogen-bond acceptors (Lipinski definition) is 3. The molecule has 0 bridgehead atoms. The molecule has 4 heteroatoms. The molecule has 94 valence electrons. The molecule has 0 aliphatic heterocycles. The maximum Gasteiger partial charge on any atom is 0.0538 e. The molecular weight excluding hydrogens is 212 g/mol. The maximum atomic E-state index is 5.79. The van der Waals surface area contributed by atoms with Crippen LogP contribution >= 0.6 is 0 Å². The van der Waals surface area contributed by atoms with Crippen LogP contribution in [0, 0.1) is 0 Å². The first-order valence-corrected chi connectivity index (χ1v) is 6.39. The van der Waals surface area contributed by atoms with Crippen molar-refractivity contribution in [2.75, 3.05) is 13.1 Å². The van der Waals surface area contributed by atoms with Crippen LogP contribution in [0.4, 0.5) is 0 Å². The summed E-state index contributed by atoms with van der Waals surface area (Å²) in [6.45, 7) is 1.62. The molecule has 1 unspecified atom stereocenters. The highest BCUT2D eigenvalue weighted by Gasteiger charge is 2.11. The molecule has 0 radical (unpaired) electrons. The van der Waals surface area contributed by atoms with E-state index >= 15 is 0 Å². The van der Waals surface area contributed by atoms with Gasteiger partial charge in [0, 0.05) is 31.4 Å². The maximum absolute atomic E-state index is 5.79. The highest BCUT2D eigenvalue weighted by atomic mass is 15.2. The Balaban J connectivity index is 1.79. The van der Waals surface area contributed by atoms with E-state index in [0.29, 0.717) is 6.54 Å². The first-order valence-electron chi connectivity index (χ1n) is 6.39. The quantitative estimate of drug-likeness (QED) is 0.734. The zero-order chi connectivity index (χ0) is 12.1. The lowest BCUT2D eigenvalue weighted by molar-refractivity contribution is 0.542. The van der Waals surface area contributed by atoms with Gasteiger partial charge in [0.15, 0.2) is 0 Å². The Morgan fingerprint density at radius 2 is 2.47 bits per heavy atom. The molecule has 1 aliphatic rings. The smallest absolute Gasteiger partial charge is 0.0538 e. The average Bonchev–Trinajstić information content (AvgIpc) is 2.96. The molecule has 1 atom stereocenters. The molecule has 1 aromatic rings. The van der Waals surface area contributed by atoms with Gasteiger partial charge in [0.05, 0.1) is 6.20 Å². The lowest BCUT2D eigenvalue weighted by atomic mass is 10.1. The third kappa shape index (κ3) is 3.41. The highest BCUT2D eigenvalue weighted by Crippen LogP contribution is 2.20. The first-order chi connectivity index (χ1) is 8.29. The molecule has 0 spiro atoms. The molecule has 1 aromatic heterocycles. The summed E-state index contributed by atoms with van der Waals surface area (Å²) in [5.74, 6) is 0. The van der Waals surface area contributed by atoms with E-state index in [1.807, 2.05) is 24.1 Å². The van der Waals surface area contributed by atoms with Crippen molar-refractivity contribution < 1.29 is 0 Å². The van der Waals surface area contributed by atoms with Crippen molar-refractivity contribution in [2.24, 2.45) is 12.8 Å². The molecule has 0 amide bonds. The van der Waals surface area contributed by atoms with Crippen LogP contribution in [-0.4, -0.2) is 22.9 Å². The van der Waals surface area contributed by atoms with Crippen LogP contribution in [0.15, 0.2) is 24.0 Å². The largest absolute Gasteiger partial charge is 0.329 e. The van der Waals surface area contributed by atoms with E-state index in [1.165, 1.54) is 24.8 Å². The van der Waals surface area contributed by atoms with Gasteiger partial charge in [-0.15, -0.1) is 0 Å². The number of rotatable bonds is 6. The molecule has 1 aliphatic carbocycles. The Hall–Kier alpha value is -1.13. The minimum atomic E-state index is 0.228. The molecule has 0 fully saturated rings. The van der Waals surface area contributed by atoms with Gasteiger partial charge in [-0.05, 0) is 32.2 Å². The molecule has 0 aromatic carbocycles. The molecular formula is C13H22N4. The van der Waals surface area contributed by atoms with E-state index in [4.69, 9.17) is 5.73 Å². The number of allylic oxidation sites excluding steroid dienone is 1. The van der Waals surface area contributed by atoms with Crippen molar-refractivity contribution in [3.05, 3.63) is 29.6 Å². The van der Waals surface area contributed by atoms with Crippen LogP contribution in [0.5, 0.6) is 0 Å². The number of aryl methyl sites for hydroxylation is 1. The van der Waals surface area contributed by atoms with E-state index in [9.17, 15) is 0 Å². The zero-order valence-corrected chi connectivity index (χ0v) is 10.5. The third-order valence-corrected chi connectivity index (χ3v) is 3.33. The summed E-state index contributed by atoms with van der Waals surface area (Å²) >= 11 is 0. The van der Waals surface area contributed by atoms with Crippen LogP contribution in [0.2, 0.25) is 0 Å². The van der Waals surface area contributed by atoms with Crippen molar-refractivity contribution in [3.8, 4) is 0 Å². The van der Waals surface area contributed by atoms with Gasteiger partial charge in [-0.1, -0.05) is 11.6 Å². The Morgan fingerprint density at radius 1 is 1.59 bits per heavy atom. The predicted molar refractivity (Wildman–Crippen MR) is 69.6 cm³/mol. The van der Waals surface area contributed by atoms with Gasteiger partial charge < -0.3 is 11.1 Å². The summed E-state index contributed by atoms with van der Waals surface area (Å²) in [6.07, 6.45) is 11.3. The van der Waals surface area contributed by atoms with Gasteiger partial charge in [0.2, 0.25) is 0 Å². The van der Waals surface area contributed by atoms with Crippen molar-refractivity contribution in [1.82, 2.24) is 15.1 Å². The molecule has 0 saturated carbocycles. The van der Waals surface area contributed by atoms with Crippen molar-refractivity contribution in [2.45, 2.75) is 31.7 Å². The van der Waals surface area contributed by atoms with E-state index in [2.05, 4.69) is 16.5 Å². The summed E-state index contributed by atoms with van der Waals surface area (Å²) in [4.78, 5) is 0. The number of aromatic nitrogens is 2. The minimum Gasteiger partial charge on any atom is -0.329 e. The molecule has 4 nitrogen and oxygen atoms in total. The fourth-order valence-electron chi connectivity index (χ4n) is 2.33. The minimum absolute atomic E-state index is 0.228. The van der Waals surface area contributed by atoms with E-state index < -0.39 is 0 Å². The van der Waals surface area contributed by atoms with E-state index in [1.54, 1.807) is 5.57 Å². The van der Waals surface area contributed by atoms with Crippen LogP contribution in [0.25, 0.3) is 0 Å². The normalized spacial score (nSPS) is 17.2. The van der Waals surface area contributed by atoms with E-state index in [0.717, 1.165) is 13.0 Å². The van der Waals surface area contributed by atoms with E-state index in [-0.39, 0.29) is 6.04 Å². The number of hydrogen-bond donors (Lipinski definition) is 2. The molecule has 0 saturated heterocycles. The Morgan fingerprint density at radius 3 is 3.06 bits per heavy atom. The second-order valence-electron chi connectivity index (χ2n) is 4.69. The van der Waals surface area contributed by atoms with Crippen LogP contribution < -0.4 is 11.1 Å². The number of nitrogens with two attached hydrogens (primary N) is 1. The van der Waals surface area contributed by atoms with Gasteiger partial charge >= 0.3 is 0 Å². The van der Waals surface area contributed by atoms with Crippen LogP contribution in [-0.2, 0) is 7.05 Å². The summed E-state index contributed by atoms with van der Waals surface area (Å²) < 4.78 is 1.82. The summed E-state index contributed by atoms with van der Waals surface area (Å²) in [5, 5.41) is 7.69. The summed E-state index contributed by atoms with van der Waals surface area (Å²) in [6, 6.07) is 0.228. The van der Waals surface area contributed by atoms with Gasteiger partial charge in [-0.2, -0.15) is 5.10 Å². The summed E-state index contributed by atoms with van der Waals surface area (Å²) in [7, 11) is 1.93. The topological polar surface area (TPSA) is 55.9 Å². The molecule has 17 heavy (non-hydrogen) atoms. The second-order valence-corrected chi connectivity index (χ2v) is 4.69. The first kappa shape index (κ1) is 12.3. The van der Waals surface area contributed by atoms with Gasteiger partial charge in [-0.25, -0.2) is 0 Å². The van der Waals surface area contributed by atoms with Crippen LogP contribution in [0.1, 0.15) is 37.3 Å². The summed E-state index contributed by atoms with van der Waals surface area (Å²) in [5.41, 5.74) is 8.57. The SMILES string of the molecule is Cn1cc(C(CN)NCCC2=CCCC2)cn1. The standard InChI is InChI=1S/C13H22N4/c1-17-10-12(9-16-17)13(8-14)15-7-6-11-4-2-3-5-11/h4,9-10,13,15H,2-3,5-8,14H2,1H3. The second kappa shape index (κ2) is 5.98. The Kier molecular flexibility index (Phi) is 4.34. The monoisotopic (exact) mass is 234 g/mol. The van der Waals surface area contributed by atoms with Crippen molar-refractivity contribution >= 4 is 0 Å². The number of nitrogens with one attached hydrogen (secondary N) is 1. The number of nitrogens with zero attached hydrogens (tertiary/aromatic N) is 2. The van der Waals surface area contributed by atoms with Gasteiger partial charge in [0.25, 0.3) is 0 Å². The van der Waals surface area contributed by atoms with Crippen molar-refractivity contribution in [3.63, 3.8) is 0 Å². The predicted octanol–water partition coefficient (Wildman–Crippen LogP) is 1.51. The Labute approximate surface area is 103 Å². The zero-order valence-electron chi connectivity index (χ0n) is 10.5. The lowest BCUT2D eigenvalue weighted by Gasteiger charge is -2.15. The lowest BCUT2D eigenvalue weighted by Crippen LogP contribution is -2.28. The Bertz CT molecular complexity index is 381. The highest BCUT2D eigenvalue weighted by molar-refractivity contribution is 5.11. The fraction of sp³-hybridized carbons (Fsp3) is 0.615. The molecule has 2 rings (SSSR count). The average molecular weight is 234 g/mol. The molecule has 3 N–H and O–H groups in total. The fourth-order valence-corrected chi connectivity index (χ4v) is 2.33. The molecule has 1 heterocycles.